The zero-order chi connectivity index (χ0) is 11.1. The minimum absolute atomic E-state index is 0.305. The van der Waals surface area contributed by atoms with E-state index in [1.54, 1.807) is 0 Å². The van der Waals surface area contributed by atoms with Crippen LogP contribution >= 0.6 is 0 Å². The Morgan fingerprint density at radius 2 is 1.94 bits per heavy atom. The highest BCUT2D eigenvalue weighted by Crippen LogP contribution is 2.41. The number of hydrogen-bond donors (Lipinski definition) is 1. The number of likely N-dealkylation sites (N-methyl/N-ethyl adjacent to an activating group) is 1. The third-order valence-corrected chi connectivity index (χ3v) is 4.00. The van der Waals surface area contributed by atoms with Gasteiger partial charge in [0, 0.05) is 18.6 Å². The van der Waals surface area contributed by atoms with Crippen LogP contribution in [0.15, 0.2) is 24.3 Å². The van der Waals surface area contributed by atoms with Crippen molar-refractivity contribution in [2.75, 3.05) is 13.6 Å². The summed E-state index contributed by atoms with van der Waals surface area (Å²) in [4.78, 5) is 2.39. The molecular formula is C14H20N2. The first-order valence-corrected chi connectivity index (χ1v) is 6.31. The van der Waals surface area contributed by atoms with E-state index in [0.717, 1.165) is 18.9 Å². The monoisotopic (exact) mass is 216 g/mol. The first-order chi connectivity index (χ1) is 7.75. The van der Waals surface area contributed by atoms with Crippen LogP contribution in [-0.2, 0) is 0 Å². The second kappa shape index (κ2) is 3.86. The van der Waals surface area contributed by atoms with Crippen LogP contribution < -0.4 is 5.73 Å². The Morgan fingerprint density at radius 1 is 1.19 bits per heavy atom. The second-order valence-electron chi connectivity index (χ2n) is 5.32. The summed E-state index contributed by atoms with van der Waals surface area (Å²) in [6.07, 6.45) is 3.86. The maximum absolute atomic E-state index is 6.20. The molecule has 0 spiro atoms. The molecule has 1 aliphatic carbocycles. The van der Waals surface area contributed by atoms with Gasteiger partial charge in [-0.25, -0.2) is 0 Å². The molecule has 1 saturated carbocycles. The van der Waals surface area contributed by atoms with Gasteiger partial charge in [0.15, 0.2) is 0 Å². The average molecular weight is 216 g/mol. The number of likely N-dealkylation sites (tertiary alicyclic amines) is 1. The van der Waals surface area contributed by atoms with Crippen LogP contribution in [0.5, 0.6) is 0 Å². The Morgan fingerprint density at radius 3 is 2.56 bits per heavy atom. The first kappa shape index (κ1) is 10.3. The van der Waals surface area contributed by atoms with Crippen molar-refractivity contribution >= 4 is 0 Å². The van der Waals surface area contributed by atoms with E-state index in [4.69, 9.17) is 5.73 Å². The molecule has 2 aliphatic rings. The summed E-state index contributed by atoms with van der Waals surface area (Å²) in [6, 6.07) is 9.81. The Hall–Kier alpha value is -0.860. The fraction of sp³-hybridized carbons (Fsp3) is 0.571. The Bertz CT molecular complexity index is 374. The van der Waals surface area contributed by atoms with Crippen molar-refractivity contribution in [1.82, 2.24) is 4.90 Å². The van der Waals surface area contributed by atoms with Crippen molar-refractivity contribution in [3.8, 4) is 0 Å². The lowest BCUT2D eigenvalue weighted by Crippen LogP contribution is -2.29. The van der Waals surface area contributed by atoms with Crippen molar-refractivity contribution in [1.29, 1.82) is 0 Å². The number of nitrogens with two attached hydrogens (primary N) is 1. The van der Waals surface area contributed by atoms with Gasteiger partial charge in [-0.05, 0) is 43.4 Å². The number of rotatable bonds is 2. The SMILES string of the molecule is CN1CCC(N)C1c1cccc(C2CC2)c1. The minimum atomic E-state index is 0.305. The number of benzene rings is 1. The van der Waals surface area contributed by atoms with E-state index in [0.29, 0.717) is 12.1 Å². The van der Waals surface area contributed by atoms with Gasteiger partial charge in [0.05, 0.1) is 0 Å². The predicted molar refractivity (Wildman–Crippen MR) is 66.4 cm³/mol. The zero-order valence-electron chi connectivity index (χ0n) is 9.89. The maximum Gasteiger partial charge on any atom is 0.0496 e. The molecular weight excluding hydrogens is 196 g/mol. The van der Waals surface area contributed by atoms with Crippen LogP contribution in [0.25, 0.3) is 0 Å². The van der Waals surface area contributed by atoms with E-state index in [1.807, 2.05) is 0 Å². The first-order valence-electron chi connectivity index (χ1n) is 6.31. The summed E-state index contributed by atoms with van der Waals surface area (Å²) in [7, 11) is 2.18. The summed E-state index contributed by atoms with van der Waals surface area (Å²) in [5.74, 6) is 0.836. The highest BCUT2D eigenvalue weighted by atomic mass is 15.2. The summed E-state index contributed by atoms with van der Waals surface area (Å²) in [6.45, 7) is 1.12. The van der Waals surface area contributed by atoms with Gasteiger partial charge in [-0.15, -0.1) is 0 Å². The molecule has 3 rings (SSSR count). The van der Waals surface area contributed by atoms with Gasteiger partial charge in [0.25, 0.3) is 0 Å². The van der Waals surface area contributed by atoms with Crippen LogP contribution in [0.3, 0.4) is 0 Å². The predicted octanol–water partition coefficient (Wildman–Crippen LogP) is 2.27. The molecule has 1 saturated heterocycles. The highest BCUT2D eigenvalue weighted by Gasteiger charge is 2.31. The molecule has 1 aliphatic heterocycles. The summed E-state index contributed by atoms with van der Waals surface area (Å²) < 4.78 is 0. The Labute approximate surface area is 97.4 Å². The molecule has 0 amide bonds. The van der Waals surface area contributed by atoms with Gasteiger partial charge in [-0.3, -0.25) is 4.90 Å². The Balaban J connectivity index is 1.89. The van der Waals surface area contributed by atoms with E-state index in [1.165, 1.54) is 24.0 Å². The topological polar surface area (TPSA) is 29.3 Å². The molecule has 1 aromatic rings. The molecule has 2 fully saturated rings. The molecule has 86 valence electrons. The lowest BCUT2D eigenvalue weighted by molar-refractivity contribution is 0.304. The summed E-state index contributed by atoms with van der Waals surface area (Å²) >= 11 is 0. The van der Waals surface area contributed by atoms with Crippen molar-refractivity contribution in [3.63, 3.8) is 0 Å². The van der Waals surface area contributed by atoms with E-state index >= 15 is 0 Å². The molecule has 0 aromatic heterocycles. The van der Waals surface area contributed by atoms with Crippen molar-refractivity contribution < 1.29 is 0 Å². The highest BCUT2D eigenvalue weighted by molar-refractivity contribution is 5.32. The third-order valence-electron chi connectivity index (χ3n) is 4.00. The normalized spacial score (nSPS) is 30.9. The van der Waals surface area contributed by atoms with Crippen LogP contribution in [0.2, 0.25) is 0 Å². The fourth-order valence-corrected chi connectivity index (χ4v) is 2.89. The molecule has 0 radical (unpaired) electrons. The molecule has 0 bridgehead atoms. The van der Waals surface area contributed by atoms with Gasteiger partial charge in [-0.2, -0.15) is 0 Å². The van der Waals surface area contributed by atoms with Crippen molar-refractivity contribution in [2.45, 2.75) is 37.3 Å². The maximum atomic E-state index is 6.20. The van der Waals surface area contributed by atoms with E-state index in [9.17, 15) is 0 Å². The van der Waals surface area contributed by atoms with Crippen LogP contribution in [0.4, 0.5) is 0 Å². The smallest absolute Gasteiger partial charge is 0.0496 e. The van der Waals surface area contributed by atoms with Gasteiger partial charge in [0.1, 0.15) is 0 Å². The average Bonchev–Trinajstić information content (AvgIpc) is 3.07. The molecule has 16 heavy (non-hydrogen) atoms. The largest absolute Gasteiger partial charge is 0.326 e. The molecule has 1 aromatic carbocycles. The molecule has 2 atom stereocenters. The summed E-state index contributed by atoms with van der Waals surface area (Å²) in [5.41, 5.74) is 9.13. The molecule has 1 heterocycles. The molecule has 2 heteroatoms. The number of nitrogens with zero attached hydrogens (tertiary/aromatic N) is 1. The van der Waals surface area contributed by atoms with Crippen LogP contribution in [-0.4, -0.2) is 24.5 Å². The lowest BCUT2D eigenvalue weighted by Gasteiger charge is -2.23. The molecule has 2 unspecified atom stereocenters. The van der Waals surface area contributed by atoms with Crippen LogP contribution in [0.1, 0.15) is 42.3 Å². The van der Waals surface area contributed by atoms with Gasteiger partial charge in [0.2, 0.25) is 0 Å². The minimum Gasteiger partial charge on any atom is -0.326 e. The quantitative estimate of drug-likeness (QED) is 0.821. The van der Waals surface area contributed by atoms with Gasteiger partial charge < -0.3 is 5.73 Å². The second-order valence-corrected chi connectivity index (χ2v) is 5.32. The summed E-state index contributed by atoms with van der Waals surface area (Å²) in [5, 5.41) is 0. The fourth-order valence-electron chi connectivity index (χ4n) is 2.89. The van der Waals surface area contributed by atoms with Crippen molar-refractivity contribution in [3.05, 3.63) is 35.4 Å². The zero-order valence-corrected chi connectivity index (χ0v) is 9.89. The van der Waals surface area contributed by atoms with Crippen molar-refractivity contribution in [2.24, 2.45) is 5.73 Å². The number of hydrogen-bond acceptors (Lipinski definition) is 2. The third kappa shape index (κ3) is 1.76. The van der Waals surface area contributed by atoms with Gasteiger partial charge >= 0.3 is 0 Å². The Kier molecular flexibility index (Phi) is 2.49. The standard InChI is InChI=1S/C14H20N2/c1-16-8-7-13(15)14(16)12-4-2-3-11(9-12)10-5-6-10/h2-4,9-10,13-14H,5-8,15H2,1H3. The molecule has 2 nitrogen and oxygen atoms in total. The van der Waals surface area contributed by atoms with E-state index < -0.39 is 0 Å². The van der Waals surface area contributed by atoms with E-state index in [2.05, 4.69) is 36.2 Å². The van der Waals surface area contributed by atoms with Gasteiger partial charge in [-0.1, -0.05) is 24.3 Å². The van der Waals surface area contributed by atoms with Crippen LogP contribution in [0, 0.1) is 0 Å². The lowest BCUT2D eigenvalue weighted by atomic mass is 9.97. The molecule has 2 N–H and O–H groups in total. The van der Waals surface area contributed by atoms with E-state index in [-0.39, 0.29) is 0 Å².